The van der Waals surface area contributed by atoms with Crippen molar-refractivity contribution in [2.45, 2.75) is 0 Å². The molecule has 0 saturated heterocycles. The molecular weight excluding hydrogens is 302 g/mol. The minimum atomic E-state index is 0.381. The molecule has 1 rings (SSSR count). The van der Waals surface area contributed by atoms with Crippen LogP contribution in [0.5, 0.6) is 0 Å². The summed E-state index contributed by atoms with van der Waals surface area (Å²) in [6.45, 7) is 0. The molecule has 0 bridgehead atoms. The van der Waals surface area contributed by atoms with Crippen LogP contribution in [0, 0.1) is 0 Å². The van der Waals surface area contributed by atoms with Crippen LogP contribution in [0.2, 0.25) is 0 Å². The Morgan fingerprint density at radius 1 is 0.667 bits per heavy atom. The van der Waals surface area contributed by atoms with Gasteiger partial charge in [0.1, 0.15) is 0 Å². The summed E-state index contributed by atoms with van der Waals surface area (Å²) in [6, 6.07) is 0. The first-order valence-electron chi connectivity index (χ1n) is 1.54. The van der Waals surface area contributed by atoms with E-state index in [-0.39, 0.29) is 0 Å². The second-order valence-corrected chi connectivity index (χ2v) is 5.07. The van der Waals surface area contributed by atoms with Gasteiger partial charge < -0.3 is 0 Å². The second kappa shape index (κ2) is 3.01. The molecule has 0 aromatic carbocycles. The van der Waals surface area contributed by atoms with Gasteiger partial charge in [-0.1, -0.05) is 0 Å². The van der Waals surface area contributed by atoms with Crippen LogP contribution in [0.1, 0.15) is 0 Å². The van der Waals surface area contributed by atoms with Gasteiger partial charge in [-0.2, -0.15) is 0 Å². The van der Waals surface area contributed by atoms with Gasteiger partial charge in [0.25, 0.3) is 0 Å². The van der Waals surface area contributed by atoms with Crippen LogP contribution in [-0.2, 0) is 0 Å². The fourth-order valence-electron chi connectivity index (χ4n) is 0.194. The van der Waals surface area contributed by atoms with Gasteiger partial charge in [0, 0.05) is 0 Å². The Morgan fingerprint density at radius 3 is 1.17 bits per heavy atom. The van der Waals surface area contributed by atoms with Crippen LogP contribution < -0.4 is 42.4 Å². The van der Waals surface area contributed by atoms with Crippen LogP contribution in [0.15, 0.2) is 16.3 Å². The maximum absolute atomic E-state index is 2.34. The molecular formula is C4H4I2-2. The normalized spacial score (nSPS) is 21.3. The van der Waals surface area contributed by atoms with E-state index in [9.17, 15) is 0 Å². The van der Waals surface area contributed by atoms with Gasteiger partial charge in [0.15, 0.2) is 0 Å². The van der Waals surface area contributed by atoms with Gasteiger partial charge >= 0.3 is 58.7 Å². The van der Waals surface area contributed by atoms with Crippen molar-refractivity contribution in [2.24, 2.45) is 0 Å². The molecule has 0 nitrogen and oxygen atoms in total. The third-order valence-corrected chi connectivity index (χ3v) is 6.24. The van der Waals surface area contributed by atoms with Crippen LogP contribution in [-0.4, -0.2) is 0 Å². The molecule has 0 aromatic rings. The van der Waals surface area contributed by atoms with Crippen LogP contribution in [0.3, 0.4) is 0 Å². The summed E-state index contributed by atoms with van der Waals surface area (Å²) < 4.78 is 9.36. The van der Waals surface area contributed by atoms with Crippen molar-refractivity contribution >= 4 is 0 Å². The van der Waals surface area contributed by atoms with Crippen molar-refractivity contribution in [2.75, 3.05) is 0 Å². The molecule has 36 valence electrons. The van der Waals surface area contributed by atoms with E-state index in [0.717, 1.165) is 0 Å². The van der Waals surface area contributed by atoms with Crippen LogP contribution in [0.4, 0.5) is 0 Å². The molecule has 0 amide bonds. The van der Waals surface area contributed by atoms with E-state index < -0.39 is 0 Å². The zero-order valence-corrected chi connectivity index (χ0v) is 7.38. The number of hydrogen-bond acceptors (Lipinski definition) is 0. The van der Waals surface area contributed by atoms with Gasteiger partial charge in [0.2, 0.25) is 0 Å². The van der Waals surface area contributed by atoms with Crippen LogP contribution >= 0.6 is 0 Å². The molecule has 0 fully saturated rings. The monoisotopic (exact) mass is 306 g/mol. The molecule has 1 aliphatic rings. The molecule has 0 atom stereocenters. The summed E-state index contributed by atoms with van der Waals surface area (Å²) >= 11 is 0.762. The molecule has 1 heterocycles. The topological polar surface area (TPSA) is 0 Å². The molecule has 0 aromatic heterocycles. The molecule has 0 saturated carbocycles. The first-order chi connectivity index (χ1) is 3.00. The summed E-state index contributed by atoms with van der Waals surface area (Å²) in [7, 11) is 0. The molecule has 0 unspecified atom stereocenters. The third-order valence-electron chi connectivity index (χ3n) is 0.386. The molecule has 0 radical (unpaired) electrons. The molecule has 6 heavy (non-hydrogen) atoms. The quantitative estimate of drug-likeness (QED) is 0.394. The Morgan fingerprint density at radius 2 is 1.00 bits per heavy atom. The third kappa shape index (κ3) is 1.59. The summed E-state index contributed by atoms with van der Waals surface area (Å²) in [6.07, 6.45) is 0. The maximum atomic E-state index is 2.34. The number of hydrogen-bond donors (Lipinski definition) is 0. The standard InChI is InChI=1S/C4H4I2/c1-2-6-4-3-5-1/h1-4H/q-2. The fourth-order valence-corrected chi connectivity index (χ4v) is 5.51. The Balaban J connectivity index is 2.40. The second-order valence-electron chi connectivity index (χ2n) is 0.756. The van der Waals surface area contributed by atoms with Crippen molar-refractivity contribution in [3.05, 3.63) is 16.3 Å². The first kappa shape index (κ1) is 5.08. The molecule has 0 aliphatic carbocycles. The predicted octanol–water partition coefficient (Wildman–Crippen LogP) is -4.88. The SMILES string of the molecule is C1=C[I-]C=C[I-]1. The van der Waals surface area contributed by atoms with Gasteiger partial charge in [-0.25, -0.2) is 0 Å². The molecule has 1 aliphatic heterocycles. The zero-order chi connectivity index (χ0) is 4.24. The minimum absolute atomic E-state index is 0.381. The van der Waals surface area contributed by atoms with Gasteiger partial charge in [-0.05, 0) is 0 Å². The van der Waals surface area contributed by atoms with E-state index in [1.807, 2.05) is 0 Å². The Labute approximate surface area is 58.2 Å². The number of halogens is 2. The van der Waals surface area contributed by atoms with E-state index >= 15 is 0 Å². The van der Waals surface area contributed by atoms with Crippen molar-refractivity contribution < 1.29 is 42.4 Å². The van der Waals surface area contributed by atoms with Gasteiger partial charge in [-0.3, -0.25) is 0 Å². The van der Waals surface area contributed by atoms with E-state index in [1.54, 1.807) is 0 Å². The Kier molecular flexibility index (Phi) is 2.55. The van der Waals surface area contributed by atoms with Crippen molar-refractivity contribution in [3.8, 4) is 0 Å². The summed E-state index contributed by atoms with van der Waals surface area (Å²) in [5, 5.41) is 0. The summed E-state index contributed by atoms with van der Waals surface area (Å²) in [5.41, 5.74) is 0. The van der Waals surface area contributed by atoms with E-state index in [0.29, 0.717) is 42.4 Å². The average molecular weight is 306 g/mol. The molecule has 0 N–H and O–H groups in total. The van der Waals surface area contributed by atoms with E-state index in [4.69, 9.17) is 0 Å². The molecule has 0 spiro atoms. The van der Waals surface area contributed by atoms with Gasteiger partial charge in [0.05, 0.1) is 0 Å². The average Bonchev–Trinajstić information content (AvgIpc) is 1.72. The van der Waals surface area contributed by atoms with E-state index in [1.165, 1.54) is 0 Å². The summed E-state index contributed by atoms with van der Waals surface area (Å²) in [5.74, 6) is 0. The van der Waals surface area contributed by atoms with Crippen LogP contribution in [0.25, 0.3) is 0 Å². The Bertz CT molecular complexity index is 63.5. The first-order valence-corrected chi connectivity index (χ1v) is 6.52. The summed E-state index contributed by atoms with van der Waals surface area (Å²) in [4.78, 5) is 0. The van der Waals surface area contributed by atoms with E-state index in [2.05, 4.69) is 16.3 Å². The fraction of sp³-hybridized carbons (Fsp3) is 0. The van der Waals surface area contributed by atoms with Gasteiger partial charge in [-0.15, -0.1) is 0 Å². The Hall–Kier alpha value is 0.940. The molecule has 2 heteroatoms. The van der Waals surface area contributed by atoms with Crippen molar-refractivity contribution in [1.29, 1.82) is 0 Å². The zero-order valence-electron chi connectivity index (χ0n) is 3.07. The van der Waals surface area contributed by atoms with Crippen molar-refractivity contribution in [1.82, 2.24) is 0 Å². The van der Waals surface area contributed by atoms with Crippen molar-refractivity contribution in [3.63, 3.8) is 0 Å². The predicted molar refractivity (Wildman–Crippen MR) is 18.3 cm³/mol. The number of rotatable bonds is 0.